The molecule has 0 radical (unpaired) electrons. The normalized spacial score (nSPS) is 10.9. The Kier molecular flexibility index (Phi) is 6.94. The predicted molar refractivity (Wildman–Crippen MR) is 113 cm³/mol. The average molecular weight is 422 g/mol. The van der Waals surface area contributed by atoms with E-state index in [-0.39, 0.29) is 5.91 Å². The molecule has 0 saturated heterocycles. The van der Waals surface area contributed by atoms with Crippen molar-refractivity contribution >= 4 is 40.4 Å². The fraction of sp³-hybridized carbons (Fsp3) is 0.300. The summed E-state index contributed by atoms with van der Waals surface area (Å²) in [4.78, 5) is 13.8. The van der Waals surface area contributed by atoms with Gasteiger partial charge >= 0.3 is 0 Å². The second-order valence-electron chi connectivity index (χ2n) is 6.22. The molecule has 0 fully saturated rings. The SMILES string of the molecule is CCCCCCNC(=O)c1cc(-c2cccs2)nn1-c1ccc(Cl)c(Cl)c1. The lowest BCUT2D eigenvalue weighted by molar-refractivity contribution is 0.0945. The van der Waals surface area contributed by atoms with Crippen LogP contribution in [-0.4, -0.2) is 22.2 Å². The third kappa shape index (κ3) is 4.92. The molecule has 0 aliphatic rings. The smallest absolute Gasteiger partial charge is 0.270 e. The summed E-state index contributed by atoms with van der Waals surface area (Å²) in [5.74, 6) is -0.145. The third-order valence-electron chi connectivity index (χ3n) is 4.18. The van der Waals surface area contributed by atoms with Crippen molar-refractivity contribution in [3.63, 3.8) is 0 Å². The van der Waals surface area contributed by atoms with Crippen LogP contribution in [0.25, 0.3) is 16.3 Å². The second kappa shape index (κ2) is 9.40. The van der Waals surface area contributed by atoms with Crippen LogP contribution in [0.3, 0.4) is 0 Å². The minimum atomic E-state index is -0.145. The van der Waals surface area contributed by atoms with Gasteiger partial charge in [-0.3, -0.25) is 4.79 Å². The quantitative estimate of drug-likeness (QED) is 0.438. The van der Waals surface area contributed by atoms with Crippen LogP contribution < -0.4 is 5.32 Å². The molecule has 0 bridgehead atoms. The molecule has 0 spiro atoms. The minimum Gasteiger partial charge on any atom is -0.351 e. The summed E-state index contributed by atoms with van der Waals surface area (Å²) in [5.41, 5.74) is 1.93. The third-order valence-corrected chi connectivity index (χ3v) is 5.81. The number of halogens is 2. The highest BCUT2D eigenvalue weighted by Gasteiger charge is 2.18. The monoisotopic (exact) mass is 421 g/mol. The summed E-state index contributed by atoms with van der Waals surface area (Å²) in [6.07, 6.45) is 4.43. The van der Waals surface area contributed by atoms with Gasteiger partial charge in [0.25, 0.3) is 5.91 Å². The molecule has 2 heterocycles. The van der Waals surface area contributed by atoms with Crippen molar-refractivity contribution in [3.8, 4) is 16.3 Å². The van der Waals surface area contributed by atoms with Gasteiger partial charge in [0.15, 0.2) is 0 Å². The molecular formula is C20H21Cl2N3OS. The van der Waals surface area contributed by atoms with Gasteiger partial charge in [0.05, 0.1) is 20.6 Å². The Morgan fingerprint density at radius 2 is 2.00 bits per heavy atom. The molecule has 0 aliphatic carbocycles. The van der Waals surface area contributed by atoms with E-state index in [2.05, 4.69) is 17.3 Å². The highest BCUT2D eigenvalue weighted by atomic mass is 35.5. The summed E-state index contributed by atoms with van der Waals surface area (Å²) >= 11 is 13.8. The first kappa shape index (κ1) is 19.9. The van der Waals surface area contributed by atoms with Gasteiger partial charge in [-0.1, -0.05) is 55.5 Å². The first-order valence-corrected chi connectivity index (χ1v) is 10.6. The molecule has 0 unspecified atom stereocenters. The maximum atomic E-state index is 12.8. The van der Waals surface area contributed by atoms with Crippen LogP contribution in [0.2, 0.25) is 10.0 Å². The zero-order valence-corrected chi connectivity index (χ0v) is 17.4. The Morgan fingerprint density at radius 3 is 2.70 bits per heavy atom. The van der Waals surface area contributed by atoms with Gasteiger partial charge in [0, 0.05) is 6.54 Å². The molecule has 0 saturated carbocycles. The van der Waals surface area contributed by atoms with Crippen LogP contribution in [0, 0.1) is 0 Å². The number of hydrogen-bond acceptors (Lipinski definition) is 3. The lowest BCUT2D eigenvalue weighted by atomic mass is 10.2. The summed E-state index contributed by atoms with van der Waals surface area (Å²) in [6.45, 7) is 2.82. The van der Waals surface area contributed by atoms with Crippen LogP contribution in [0.4, 0.5) is 0 Å². The molecule has 7 heteroatoms. The van der Waals surface area contributed by atoms with Crippen LogP contribution in [0.15, 0.2) is 41.8 Å². The molecule has 27 heavy (non-hydrogen) atoms. The number of nitrogens with one attached hydrogen (secondary N) is 1. The van der Waals surface area contributed by atoms with Crippen molar-refractivity contribution in [3.05, 3.63) is 57.5 Å². The number of benzene rings is 1. The van der Waals surface area contributed by atoms with Crippen molar-refractivity contribution in [1.82, 2.24) is 15.1 Å². The fourth-order valence-electron chi connectivity index (χ4n) is 2.75. The zero-order valence-electron chi connectivity index (χ0n) is 15.0. The van der Waals surface area contributed by atoms with Crippen molar-refractivity contribution < 1.29 is 4.79 Å². The molecular weight excluding hydrogens is 401 g/mol. The van der Waals surface area contributed by atoms with E-state index in [1.165, 1.54) is 12.8 Å². The van der Waals surface area contributed by atoms with Gasteiger partial charge < -0.3 is 5.32 Å². The number of aromatic nitrogens is 2. The van der Waals surface area contributed by atoms with Gasteiger partial charge in [-0.25, -0.2) is 4.68 Å². The highest BCUT2D eigenvalue weighted by molar-refractivity contribution is 7.13. The first-order valence-electron chi connectivity index (χ1n) is 8.97. The lowest BCUT2D eigenvalue weighted by Gasteiger charge is -2.09. The maximum Gasteiger partial charge on any atom is 0.270 e. The Hall–Kier alpha value is -1.82. The van der Waals surface area contributed by atoms with E-state index in [1.807, 2.05) is 23.6 Å². The van der Waals surface area contributed by atoms with Crippen LogP contribution in [0.1, 0.15) is 43.1 Å². The first-order chi connectivity index (χ1) is 13.1. The van der Waals surface area contributed by atoms with Crippen LogP contribution in [0.5, 0.6) is 0 Å². The molecule has 1 amide bonds. The molecule has 0 aliphatic heterocycles. The van der Waals surface area contributed by atoms with Crippen molar-refractivity contribution in [2.45, 2.75) is 32.6 Å². The summed E-state index contributed by atoms with van der Waals surface area (Å²) in [6, 6.07) is 11.0. The Morgan fingerprint density at radius 1 is 1.15 bits per heavy atom. The number of unbranched alkanes of at least 4 members (excludes halogenated alkanes) is 3. The summed E-state index contributed by atoms with van der Waals surface area (Å²) < 4.78 is 1.62. The number of hydrogen-bond donors (Lipinski definition) is 1. The van der Waals surface area contributed by atoms with Gasteiger partial charge in [-0.2, -0.15) is 5.10 Å². The molecule has 3 aromatic rings. The van der Waals surface area contributed by atoms with E-state index in [0.29, 0.717) is 28.0 Å². The summed E-state index contributed by atoms with van der Waals surface area (Å²) in [7, 11) is 0. The number of rotatable bonds is 8. The minimum absolute atomic E-state index is 0.145. The number of nitrogens with zero attached hydrogens (tertiary/aromatic N) is 2. The topological polar surface area (TPSA) is 46.9 Å². The Bertz CT molecular complexity index is 906. The van der Waals surface area contributed by atoms with E-state index < -0.39 is 0 Å². The van der Waals surface area contributed by atoms with Gasteiger partial charge in [0.1, 0.15) is 11.4 Å². The van der Waals surface area contributed by atoms with Crippen LogP contribution >= 0.6 is 34.5 Å². The number of carbonyl (C=O) groups is 1. The van der Waals surface area contributed by atoms with Crippen LogP contribution in [-0.2, 0) is 0 Å². The molecule has 3 rings (SSSR count). The fourth-order valence-corrected chi connectivity index (χ4v) is 3.72. The zero-order chi connectivity index (χ0) is 19.2. The number of thiophene rings is 1. The van der Waals surface area contributed by atoms with E-state index in [0.717, 1.165) is 23.4 Å². The second-order valence-corrected chi connectivity index (χ2v) is 7.98. The van der Waals surface area contributed by atoms with Gasteiger partial charge in [0.2, 0.25) is 0 Å². The Labute approximate surface area is 173 Å². The van der Waals surface area contributed by atoms with Crippen molar-refractivity contribution in [1.29, 1.82) is 0 Å². The van der Waals surface area contributed by atoms with E-state index in [9.17, 15) is 4.79 Å². The van der Waals surface area contributed by atoms with Gasteiger partial charge in [-0.15, -0.1) is 11.3 Å². The maximum absolute atomic E-state index is 12.8. The predicted octanol–water partition coefficient (Wildman–Crippen LogP) is 6.22. The molecule has 142 valence electrons. The molecule has 2 aromatic heterocycles. The van der Waals surface area contributed by atoms with E-state index in [1.54, 1.807) is 34.2 Å². The molecule has 1 aromatic carbocycles. The lowest BCUT2D eigenvalue weighted by Crippen LogP contribution is -2.26. The molecule has 1 N–H and O–H groups in total. The number of amides is 1. The van der Waals surface area contributed by atoms with Crippen molar-refractivity contribution in [2.24, 2.45) is 0 Å². The number of carbonyl (C=O) groups excluding carboxylic acids is 1. The molecule has 4 nitrogen and oxygen atoms in total. The Balaban J connectivity index is 1.88. The van der Waals surface area contributed by atoms with E-state index >= 15 is 0 Å². The average Bonchev–Trinajstić information content (AvgIpc) is 3.33. The van der Waals surface area contributed by atoms with E-state index in [4.69, 9.17) is 23.2 Å². The largest absolute Gasteiger partial charge is 0.351 e. The highest BCUT2D eigenvalue weighted by Crippen LogP contribution is 2.28. The standard InChI is InChI=1S/C20H21Cl2N3OS/c1-2-3-4-5-10-23-20(26)18-13-17(19-7-6-11-27-19)24-25(18)14-8-9-15(21)16(22)12-14/h6-9,11-13H,2-5,10H2,1H3,(H,23,26). The summed E-state index contributed by atoms with van der Waals surface area (Å²) in [5, 5.41) is 10.5. The van der Waals surface area contributed by atoms with Gasteiger partial charge in [-0.05, 0) is 42.1 Å². The molecule has 0 atom stereocenters. The van der Waals surface area contributed by atoms with Crippen molar-refractivity contribution in [2.75, 3.05) is 6.54 Å².